The van der Waals surface area contributed by atoms with Crippen LogP contribution in [0, 0.1) is 0 Å². The van der Waals surface area contributed by atoms with E-state index in [1.54, 1.807) is 0 Å². The molecule has 0 bridgehead atoms. The van der Waals surface area contributed by atoms with E-state index in [-0.39, 0.29) is 22.7 Å². The number of hydrogen-bond acceptors (Lipinski definition) is 22. The number of ether oxygens (including phenoxy) is 3. The molecule has 0 unspecified atom stereocenters. The predicted molar refractivity (Wildman–Crippen MR) is 234 cm³/mol. The van der Waals surface area contributed by atoms with Gasteiger partial charge in [0, 0.05) is 6.07 Å². The first-order valence-corrected chi connectivity index (χ1v) is 27.9. The van der Waals surface area contributed by atoms with Crippen molar-refractivity contribution in [2.24, 2.45) is 25.0 Å². The number of H-pyrrole nitrogens is 3. The molecule has 0 aliphatic carbocycles. The predicted octanol–water partition coefficient (Wildman–Crippen LogP) is 0.269. The van der Waals surface area contributed by atoms with Gasteiger partial charge in [-0.2, -0.15) is 42.1 Å². The van der Waals surface area contributed by atoms with Crippen LogP contribution in [0.2, 0.25) is 10.0 Å². The molecule has 4 aromatic carbocycles. The first-order valence-electron chi connectivity index (χ1n) is 18.2. The largest absolute Gasteiger partial charge is 0.494 e. The van der Waals surface area contributed by atoms with Crippen LogP contribution in [-0.4, -0.2) is 120 Å². The molecular formula is C32H27Cl2N9O21S6. The van der Waals surface area contributed by atoms with E-state index in [1.807, 2.05) is 0 Å². The second-order valence-electron chi connectivity index (χ2n) is 13.8. The number of methoxy groups -OCH3 is 1. The van der Waals surface area contributed by atoms with Crippen LogP contribution < -0.4 is 47.5 Å². The number of fused-ring (bicyclic) bond motifs is 4. The average molecular weight is 1140 g/mol. The Labute approximate surface area is 401 Å². The lowest BCUT2D eigenvalue weighted by atomic mass is 10.1. The summed E-state index contributed by atoms with van der Waals surface area (Å²) in [6.07, 6.45) is 0. The normalized spacial score (nSPS) is 14.6. The van der Waals surface area contributed by atoms with Gasteiger partial charge in [-0.15, -0.1) is 0 Å². The number of nitrogens with one attached hydrogen (secondary N) is 3. The van der Waals surface area contributed by atoms with Gasteiger partial charge in [0.15, 0.2) is 48.4 Å². The lowest BCUT2D eigenvalue weighted by Gasteiger charge is -2.24. The third kappa shape index (κ3) is 11.0. The van der Waals surface area contributed by atoms with Crippen molar-refractivity contribution in [3.8, 4) is 28.7 Å². The number of benzene rings is 4. The number of anilines is 1. The number of aromatic amines is 3. The molecule has 0 amide bonds. The zero-order valence-electron chi connectivity index (χ0n) is 34.1. The lowest BCUT2D eigenvalue weighted by molar-refractivity contribution is 0.284. The molecule has 1 aromatic heterocycles. The van der Waals surface area contributed by atoms with Gasteiger partial charge in [0.05, 0.1) is 53.7 Å². The van der Waals surface area contributed by atoms with Crippen LogP contribution in [-0.2, 0) is 64.9 Å². The van der Waals surface area contributed by atoms with Crippen LogP contribution in [0.3, 0.4) is 0 Å². The molecule has 0 radical (unpaired) electrons. The van der Waals surface area contributed by atoms with E-state index < -0.39 is 177 Å². The molecule has 70 heavy (non-hydrogen) atoms. The Morgan fingerprint density at radius 2 is 1.29 bits per heavy atom. The maximum Gasteiger partial charge on any atom is 0.397 e. The summed E-state index contributed by atoms with van der Waals surface area (Å²) >= 11 is 13.4. The number of nitrogens with zero attached hydrogens (tertiary/aromatic N) is 5. The van der Waals surface area contributed by atoms with E-state index in [0.29, 0.717) is 6.07 Å². The Kier molecular flexibility index (Phi) is 13.6. The first-order chi connectivity index (χ1) is 32.3. The number of nitrogen functional groups attached to an aromatic ring is 1. The molecule has 0 atom stereocenters. The third-order valence-corrected chi connectivity index (χ3v) is 15.3. The van der Waals surface area contributed by atoms with Gasteiger partial charge in [-0.3, -0.25) is 42.7 Å². The zero-order chi connectivity index (χ0) is 51.7. The molecular weight excluding hydrogens is 1110 g/mol. The van der Waals surface area contributed by atoms with Gasteiger partial charge in [-0.1, -0.05) is 29.3 Å². The van der Waals surface area contributed by atoms with Gasteiger partial charge in [-0.25, -0.2) is 32.6 Å². The maximum absolute atomic E-state index is 13.3. The van der Waals surface area contributed by atoms with E-state index in [2.05, 4.69) is 44.1 Å². The highest BCUT2D eigenvalue weighted by atomic mass is 35.5. The SMILES string of the molecule is COc1cc(N=c2[nH]c(=NCCS(=O)(=O)O)[nH]c(=Nc3cccc(S(=O)(=O)CCOS(=O)(=O)O)c3)[nH]2)c(S(=O)(=O)O)c2c1N=c1c(Cl)c3c(c(Cl)c1O2)=Nc1cc(S(=O)(=O)O)c(N)c(S(=O)(=O)O)c1O3. The number of sulfone groups is 1. The highest BCUT2D eigenvalue weighted by molar-refractivity contribution is 7.91. The van der Waals surface area contributed by atoms with Crippen molar-refractivity contribution in [1.29, 1.82) is 0 Å². The minimum absolute atomic E-state index is 0.131. The molecule has 30 nitrogen and oxygen atoms in total. The first kappa shape index (κ1) is 52.0. The second-order valence-corrected chi connectivity index (χ2v) is 23.4. The highest BCUT2D eigenvalue weighted by Crippen LogP contribution is 2.52. The fourth-order valence-electron chi connectivity index (χ4n) is 6.25. The molecule has 0 spiro atoms. The van der Waals surface area contributed by atoms with Crippen LogP contribution in [0.4, 0.5) is 28.4 Å². The summed E-state index contributed by atoms with van der Waals surface area (Å²) in [6.45, 7) is -1.56. The summed E-state index contributed by atoms with van der Waals surface area (Å²) in [5.74, 6) is -5.12. The molecule has 3 heterocycles. The lowest BCUT2D eigenvalue weighted by Crippen LogP contribution is -2.37. The quantitative estimate of drug-likeness (QED) is 0.0521. The number of nitrogens with two attached hydrogens (primary N) is 1. The number of rotatable bonds is 14. The Bertz CT molecular complexity index is 4180. The maximum atomic E-state index is 13.3. The minimum Gasteiger partial charge on any atom is -0.494 e. The van der Waals surface area contributed by atoms with Crippen LogP contribution in [0.1, 0.15) is 0 Å². The third-order valence-electron chi connectivity index (χ3n) is 9.06. The molecule has 2 aliphatic rings. The fourth-order valence-corrected chi connectivity index (χ4v) is 10.8. The van der Waals surface area contributed by atoms with Gasteiger partial charge in [-0.05, 0) is 24.3 Å². The van der Waals surface area contributed by atoms with E-state index in [9.17, 15) is 68.7 Å². The standard InChI is InChI=1S/C32H27Cl2N9O21S6/c1-61-16-10-15(39-32-42-30(36-5-7-66(46,47)48)41-31(43-32)37-12-3-2-4-13(9-12)65(44,45)8-6-62-70(58,59)60)28(68(52,53)54)27-21(16)40-23-19(34)25-22(18(33)26(23)64-27)38-14-11-17(67(49,50)51)20(35)29(24(14)63-25)69(55,56)57/h2-4,9-11H,5-8,35H2,1H3,(H,46,47,48)(H,49,50,51)(H,52,53,54)(H,55,56,57)(H,58,59,60)(H3,36,37,39,41,42,43). The van der Waals surface area contributed by atoms with E-state index in [0.717, 1.165) is 25.3 Å². The van der Waals surface area contributed by atoms with E-state index in [4.69, 9.17) is 47.7 Å². The van der Waals surface area contributed by atoms with Gasteiger partial charge in [0.2, 0.25) is 16.9 Å². The summed E-state index contributed by atoms with van der Waals surface area (Å²) < 4.78 is 216. The topological polar surface area (TPSA) is 478 Å². The minimum atomic E-state index is -5.50. The number of hydrogen-bond donors (Lipinski definition) is 9. The van der Waals surface area contributed by atoms with E-state index >= 15 is 0 Å². The van der Waals surface area contributed by atoms with Crippen molar-refractivity contribution in [3.63, 3.8) is 0 Å². The van der Waals surface area contributed by atoms with Gasteiger partial charge >= 0.3 is 20.5 Å². The van der Waals surface area contributed by atoms with Crippen molar-refractivity contribution in [1.82, 2.24) is 15.0 Å². The Morgan fingerprint density at radius 1 is 0.700 bits per heavy atom. The molecule has 7 rings (SSSR count). The van der Waals surface area contributed by atoms with Crippen molar-refractivity contribution >= 4 is 112 Å². The van der Waals surface area contributed by atoms with Crippen LogP contribution in [0.5, 0.6) is 28.7 Å². The second kappa shape index (κ2) is 18.4. The molecule has 0 fully saturated rings. The van der Waals surface area contributed by atoms with Crippen molar-refractivity contribution in [3.05, 3.63) is 74.0 Å². The number of aromatic nitrogens is 3. The molecule has 10 N–H and O–H groups in total. The van der Waals surface area contributed by atoms with Crippen molar-refractivity contribution in [2.45, 2.75) is 19.6 Å². The highest BCUT2D eigenvalue weighted by Gasteiger charge is 2.37. The van der Waals surface area contributed by atoms with Crippen LogP contribution in [0.25, 0.3) is 0 Å². The van der Waals surface area contributed by atoms with Crippen molar-refractivity contribution < 1.29 is 91.7 Å². The summed E-state index contributed by atoms with van der Waals surface area (Å²) in [5.41, 5.74) is 1.20. The Morgan fingerprint density at radius 3 is 1.86 bits per heavy atom. The fraction of sp³-hybridized carbons (Fsp3) is 0.156. The monoisotopic (exact) mass is 1130 g/mol. The van der Waals surface area contributed by atoms with Crippen LogP contribution >= 0.6 is 23.2 Å². The average Bonchev–Trinajstić information content (AvgIpc) is 3.21. The summed E-state index contributed by atoms with van der Waals surface area (Å²) in [4.78, 5) is 24.5. The number of halogens is 2. The Hall–Kier alpha value is -5.87. The zero-order valence-corrected chi connectivity index (χ0v) is 40.5. The smallest absolute Gasteiger partial charge is 0.397 e. The molecule has 0 saturated carbocycles. The summed E-state index contributed by atoms with van der Waals surface area (Å²) in [6, 6.07) is 6.14. The summed E-state index contributed by atoms with van der Waals surface area (Å²) in [5, 5.41) is -2.24. The van der Waals surface area contributed by atoms with E-state index in [1.165, 1.54) is 12.1 Å². The summed E-state index contributed by atoms with van der Waals surface area (Å²) in [7, 11) is -29.0. The van der Waals surface area contributed by atoms with Crippen molar-refractivity contribution in [2.75, 3.05) is 37.5 Å². The molecule has 0 saturated heterocycles. The molecule has 5 aromatic rings. The Balaban J connectivity index is 1.43. The molecule has 2 aliphatic heterocycles. The van der Waals surface area contributed by atoms with Gasteiger partial charge in [0.25, 0.3) is 30.4 Å². The molecule has 376 valence electrons. The van der Waals surface area contributed by atoms with Crippen LogP contribution in [0.15, 0.2) is 80.9 Å². The van der Waals surface area contributed by atoms with Gasteiger partial charge < -0.3 is 19.9 Å². The van der Waals surface area contributed by atoms with Gasteiger partial charge in [0.1, 0.15) is 37.0 Å². The molecule has 38 heteroatoms.